The molecule has 0 aliphatic carbocycles. The molecule has 0 saturated carbocycles. The van der Waals surface area contributed by atoms with Gasteiger partial charge >= 0.3 is 0 Å². The minimum atomic E-state index is -0.457. The van der Waals surface area contributed by atoms with Crippen molar-refractivity contribution < 1.29 is 19.1 Å². The van der Waals surface area contributed by atoms with Gasteiger partial charge in [-0.1, -0.05) is 23.9 Å². The molecule has 6 nitrogen and oxygen atoms in total. The summed E-state index contributed by atoms with van der Waals surface area (Å²) >= 11 is 1.24. The molecule has 0 bridgehead atoms. The van der Waals surface area contributed by atoms with Crippen molar-refractivity contribution in [2.75, 3.05) is 12.9 Å². The maximum atomic E-state index is 12.5. The largest absolute Gasteiger partial charge is 0.493 e. The minimum Gasteiger partial charge on any atom is -0.493 e. The summed E-state index contributed by atoms with van der Waals surface area (Å²) in [6.07, 6.45) is 2.18. The van der Waals surface area contributed by atoms with E-state index in [2.05, 4.69) is 10.3 Å². The van der Waals surface area contributed by atoms with Gasteiger partial charge in [0.05, 0.1) is 13.2 Å². The number of ether oxygens (including phenoxy) is 2. The molecular weight excluding hydrogens is 328 g/mol. The molecule has 1 N–H and O–H groups in total. The van der Waals surface area contributed by atoms with Gasteiger partial charge in [0.2, 0.25) is 11.0 Å². The van der Waals surface area contributed by atoms with Crippen LogP contribution in [0.1, 0.15) is 16.8 Å². The average Bonchev–Trinajstić information content (AvgIpc) is 3.00. The molecule has 1 aromatic carbocycles. The lowest BCUT2D eigenvalue weighted by Crippen LogP contribution is -2.37. The van der Waals surface area contributed by atoms with E-state index >= 15 is 0 Å². The van der Waals surface area contributed by atoms with E-state index < -0.39 is 6.04 Å². The first-order chi connectivity index (χ1) is 11.7. The summed E-state index contributed by atoms with van der Waals surface area (Å²) in [7, 11) is 1.54. The first-order valence-corrected chi connectivity index (χ1v) is 8.41. The molecule has 1 aromatic heterocycles. The number of amides is 1. The van der Waals surface area contributed by atoms with Crippen molar-refractivity contribution in [1.82, 2.24) is 10.3 Å². The number of pyridine rings is 1. The number of nitrogens with one attached hydrogen (secondary N) is 1. The first kappa shape index (κ1) is 16.3. The van der Waals surface area contributed by atoms with E-state index in [0.29, 0.717) is 17.9 Å². The Morgan fingerprint density at radius 1 is 1.25 bits per heavy atom. The van der Waals surface area contributed by atoms with E-state index in [-0.39, 0.29) is 22.5 Å². The van der Waals surface area contributed by atoms with Gasteiger partial charge in [-0.25, -0.2) is 4.98 Å². The number of nitrogens with zero attached hydrogens (tertiary/aromatic N) is 1. The monoisotopic (exact) mass is 344 g/mol. The molecule has 1 fully saturated rings. The Morgan fingerprint density at radius 2 is 2.04 bits per heavy atom. The Bertz CT molecular complexity index is 766. The molecule has 24 heavy (non-hydrogen) atoms. The van der Waals surface area contributed by atoms with E-state index in [1.165, 1.54) is 25.1 Å². The van der Waals surface area contributed by atoms with Crippen LogP contribution in [0.15, 0.2) is 42.6 Å². The summed E-state index contributed by atoms with van der Waals surface area (Å²) in [5.41, 5.74) is 0.271. The van der Waals surface area contributed by atoms with Crippen LogP contribution in [-0.2, 0) is 4.79 Å². The van der Waals surface area contributed by atoms with Crippen molar-refractivity contribution in [3.05, 3.63) is 48.2 Å². The van der Waals surface area contributed by atoms with Crippen LogP contribution in [0, 0.1) is 0 Å². The zero-order valence-electron chi connectivity index (χ0n) is 13.0. The quantitative estimate of drug-likeness (QED) is 0.898. The second-order valence-electron chi connectivity index (χ2n) is 5.09. The molecular formula is C17H16N2O4S. The number of methoxy groups -OCH3 is 1. The Hall–Kier alpha value is -2.54. The van der Waals surface area contributed by atoms with E-state index in [0.717, 1.165) is 5.75 Å². The lowest BCUT2D eigenvalue weighted by Gasteiger charge is -2.14. The number of para-hydroxylation sites is 2. The van der Waals surface area contributed by atoms with Crippen LogP contribution < -0.4 is 14.8 Å². The Labute approximate surface area is 143 Å². The highest BCUT2D eigenvalue weighted by molar-refractivity contribution is 8.14. The fourth-order valence-electron chi connectivity index (χ4n) is 2.32. The van der Waals surface area contributed by atoms with Crippen molar-refractivity contribution in [3.63, 3.8) is 0 Å². The molecule has 1 amide bonds. The first-order valence-electron chi connectivity index (χ1n) is 7.42. The predicted molar refractivity (Wildman–Crippen MR) is 90.6 cm³/mol. The number of benzene rings is 1. The van der Waals surface area contributed by atoms with Gasteiger partial charge in [0.1, 0.15) is 5.56 Å². The minimum absolute atomic E-state index is 0.0144. The number of hydrogen-bond donors (Lipinski definition) is 1. The van der Waals surface area contributed by atoms with E-state index in [4.69, 9.17) is 9.47 Å². The van der Waals surface area contributed by atoms with Gasteiger partial charge in [0, 0.05) is 11.9 Å². The maximum Gasteiger partial charge on any atom is 0.257 e. The Balaban J connectivity index is 1.82. The third-order valence-corrected chi connectivity index (χ3v) is 4.54. The van der Waals surface area contributed by atoms with Crippen LogP contribution in [0.25, 0.3) is 0 Å². The fraction of sp³-hybridized carbons (Fsp3) is 0.235. The second-order valence-corrected chi connectivity index (χ2v) is 6.19. The number of rotatable bonds is 5. The highest BCUT2D eigenvalue weighted by Crippen LogP contribution is 2.31. The van der Waals surface area contributed by atoms with Crippen molar-refractivity contribution in [3.8, 4) is 17.4 Å². The van der Waals surface area contributed by atoms with Crippen LogP contribution in [0.2, 0.25) is 0 Å². The predicted octanol–water partition coefficient (Wildman–Crippen LogP) is 2.64. The number of aromatic nitrogens is 1. The molecule has 1 saturated heterocycles. The van der Waals surface area contributed by atoms with Gasteiger partial charge in [0.25, 0.3) is 5.91 Å². The number of hydrogen-bond acceptors (Lipinski definition) is 6. The maximum absolute atomic E-state index is 12.5. The van der Waals surface area contributed by atoms with Crippen LogP contribution >= 0.6 is 11.8 Å². The summed E-state index contributed by atoms with van der Waals surface area (Å²) < 4.78 is 11.0. The molecule has 124 valence electrons. The number of carbonyl (C=O) groups is 2. The lowest BCUT2D eigenvalue weighted by molar-refractivity contribution is -0.112. The molecule has 1 aliphatic rings. The van der Waals surface area contributed by atoms with Gasteiger partial charge in [-0.15, -0.1) is 0 Å². The van der Waals surface area contributed by atoms with Gasteiger partial charge < -0.3 is 14.8 Å². The fourth-order valence-corrected chi connectivity index (χ4v) is 3.25. The molecule has 1 atom stereocenters. The smallest absolute Gasteiger partial charge is 0.257 e. The van der Waals surface area contributed by atoms with Crippen molar-refractivity contribution in [1.29, 1.82) is 0 Å². The topological polar surface area (TPSA) is 77.5 Å². The molecule has 7 heteroatoms. The van der Waals surface area contributed by atoms with Crippen LogP contribution in [-0.4, -0.2) is 34.9 Å². The average molecular weight is 344 g/mol. The third-order valence-electron chi connectivity index (χ3n) is 3.53. The van der Waals surface area contributed by atoms with Gasteiger partial charge in [0.15, 0.2) is 11.5 Å². The lowest BCUT2D eigenvalue weighted by atomic mass is 10.2. The van der Waals surface area contributed by atoms with Gasteiger partial charge in [-0.2, -0.15) is 0 Å². The van der Waals surface area contributed by atoms with Crippen LogP contribution in [0.5, 0.6) is 17.4 Å². The third kappa shape index (κ3) is 3.51. The Kier molecular flexibility index (Phi) is 5.00. The van der Waals surface area contributed by atoms with Crippen LogP contribution in [0.4, 0.5) is 0 Å². The molecule has 1 unspecified atom stereocenters. The summed E-state index contributed by atoms with van der Waals surface area (Å²) in [6.45, 7) is 0. The Morgan fingerprint density at radius 3 is 2.75 bits per heavy atom. The normalized spacial score (nSPS) is 16.7. The van der Waals surface area contributed by atoms with Gasteiger partial charge in [-0.3, -0.25) is 9.59 Å². The molecule has 1 aliphatic heterocycles. The standard InChI is InChI=1S/C17H16N2O4S/c1-22-13-6-2-3-7-14(13)23-16-11(5-4-9-18-16)15(20)19-12-8-10-24-17(12)21/h2-7,9,12H,8,10H2,1H3,(H,19,20). The second kappa shape index (κ2) is 7.35. The van der Waals surface area contributed by atoms with Gasteiger partial charge in [-0.05, 0) is 30.7 Å². The highest BCUT2D eigenvalue weighted by Gasteiger charge is 2.28. The SMILES string of the molecule is COc1ccccc1Oc1ncccc1C(=O)NC1CCSC1=O. The zero-order chi connectivity index (χ0) is 16.9. The zero-order valence-corrected chi connectivity index (χ0v) is 13.8. The summed E-state index contributed by atoms with van der Waals surface area (Å²) in [5.74, 6) is 1.50. The molecule has 0 radical (unpaired) electrons. The summed E-state index contributed by atoms with van der Waals surface area (Å²) in [4.78, 5) is 28.3. The molecule has 0 spiro atoms. The number of carbonyl (C=O) groups excluding carboxylic acids is 2. The van der Waals surface area contributed by atoms with Crippen molar-refractivity contribution >= 4 is 22.8 Å². The van der Waals surface area contributed by atoms with E-state index in [9.17, 15) is 9.59 Å². The summed E-state index contributed by atoms with van der Waals surface area (Å²) in [5, 5.41) is 2.72. The van der Waals surface area contributed by atoms with E-state index in [1.54, 1.807) is 30.3 Å². The molecule has 2 heterocycles. The highest BCUT2D eigenvalue weighted by atomic mass is 32.2. The van der Waals surface area contributed by atoms with Crippen molar-refractivity contribution in [2.45, 2.75) is 12.5 Å². The van der Waals surface area contributed by atoms with E-state index in [1.807, 2.05) is 6.07 Å². The molecule has 3 rings (SSSR count). The molecule has 2 aromatic rings. The number of thioether (sulfide) groups is 1. The summed E-state index contributed by atoms with van der Waals surface area (Å²) in [6, 6.07) is 9.91. The van der Waals surface area contributed by atoms with Crippen LogP contribution in [0.3, 0.4) is 0 Å². The van der Waals surface area contributed by atoms with Crippen molar-refractivity contribution in [2.24, 2.45) is 0 Å².